The van der Waals surface area contributed by atoms with Crippen molar-refractivity contribution in [1.29, 1.82) is 0 Å². The molecule has 0 radical (unpaired) electrons. The van der Waals surface area contributed by atoms with Gasteiger partial charge < -0.3 is 25.0 Å². The predicted molar refractivity (Wildman–Crippen MR) is 127 cm³/mol. The molecule has 0 aliphatic carbocycles. The van der Waals surface area contributed by atoms with Crippen LogP contribution in [0.5, 0.6) is 0 Å². The number of aromatic nitrogens is 2. The second kappa shape index (κ2) is 12.3. The highest BCUT2D eigenvalue weighted by Gasteiger charge is 2.21. The molecule has 158 valence electrons. The number of carbonyl (C=O) groups excluding carboxylic acids is 1. The monoisotopic (exact) mass is 511 g/mol. The Hall–Kier alpha value is -2.30. The van der Waals surface area contributed by atoms with E-state index in [1.54, 1.807) is 13.2 Å². The van der Waals surface area contributed by atoms with Crippen LogP contribution in [-0.2, 0) is 11.3 Å². The van der Waals surface area contributed by atoms with Crippen molar-refractivity contribution in [2.75, 3.05) is 51.2 Å². The number of pyridine rings is 1. The molecule has 1 fully saturated rings. The van der Waals surface area contributed by atoms with Crippen molar-refractivity contribution >= 4 is 41.7 Å². The maximum absolute atomic E-state index is 12.5. The van der Waals surface area contributed by atoms with Crippen molar-refractivity contribution in [2.24, 2.45) is 4.99 Å². The predicted octanol–water partition coefficient (Wildman–Crippen LogP) is 1.41. The van der Waals surface area contributed by atoms with E-state index in [2.05, 4.69) is 30.1 Å². The SMILES string of the molecule is CN=C(NCCC(=O)N1CCN(c2ccccn2)CC1)NCCn1cccc1.I. The first-order valence-electron chi connectivity index (χ1n) is 9.75. The van der Waals surface area contributed by atoms with Crippen LogP contribution in [0.15, 0.2) is 53.9 Å². The summed E-state index contributed by atoms with van der Waals surface area (Å²) in [7, 11) is 1.74. The average Bonchev–Trinajstić information content (AvgIpc) is 3.27. The summed E-state index contributed by atoms with van der Waals surface area (Å²) in [5.74, 6) is 1.88. The van der Waals surface area contributed by atoms with Gasteiger partial charge in [-0.2, -0.15) is 0 Å². The summed E-state index contributed by atoms with van der Waals surface area (Å²) in [5.41, 5.74) is 0. The van der Waals surface area contributed by atoms with E-state index in [1.165, 1.54) is 0 Å². The molecule has 1 saturated heterocycles. The first-order valence-corrected chi connectivity index (χ1v) is 9.75. The zero-order valence-corrected chi connectivity index (χ0v) is 19.2. The smallest absolute Gasteiger partial charge is 0.224 e. The van der Waals surface area contributed by atoms with Gasteiger partial charge >= 0.3 is 0 Å². The average molecular weight is 511 g/mol. The quantitative estimate of drug-likeness (QED) is 0.334. The van der Waals surface area contributed by atoms with Gasteiger partial charge in [-0.05, 0) is 24.3 Å². The maximum Gasteiger partial charge on any atom is 0.224 e. The van der Waals surface area contributed by atoms with E-state index >= 15 is 0 Å². The van der Waals surface area contributed by atoms with Crippen molar-refractivity contribution in [2.45, 2.75) is 13.0 Å². The molecule has 0 aromatic carbocycles. The minimum atomic E-state index is 0. The van der Waals surface area contributed by atoms with Crippen LogP contribution in [0.1, 0.15) is 6.42 Å². The van der Waals surface area contributed by atoms with Crippen molar-refractivity contribution in [3.05, 3.63) is 48.9 Å². The number of hydrogen-bond donors (Lipinski definition) is 2. The van der Waals surface area contributed by atoms with Gasteiger partial charge in [0.1, 0.15) is 5.82 Å². The zero-order valence-electron chi connectivity index (χ0n) is 16.8. The van der Waals surface area contributed by atoms with Crippen LogP contribution < -0.4 is 15.5 Å². The largest absolute Gasteiger partial charge is 0.356 e. The highest BCUT2D eigenvalue weighted by atomic mass is 127. The summed E-state index contributed by atoms with van der Waals surface area (Å²) in [6.45, 7) is 5.32. The molecule has 0 atom stereocenters. The molecule has 1 aliphatic heterocycles. The van der Waals surface area contributed by atoms with E-state index < -0.39 is 0 Å². The Kier molecular flexibility index (Phi) is 9.75. The molecule has 0 saturated carbocycles. The van der Waals surface area contributed by atoms with E-state index in [0.717, 1.165) is 51.0 Å². The number of guanidine groups is 1. The van der Waals surface area contributed by atoms with Gasteiger partial charge in [0, 0.05) is 77.9 Å². The Morgan fingerprint density at radius 2 is 1.79 bits per heavy atom. The van der Waals surface area contributed by atoms with Crippen molar-refractivity contribution in [1.82, 2.24) is 25.1 Å². The Balaban J connectivity index is 0.00000300. The van der Waals surface area contributed by atoms with Gasteiger partial charge in [0.15, 0.2) is 5.96 Å². The van der Waals surface area contributed by atoms with Crippen LogP contribution in [-0.4, -0.2) is 72.6 Å². The van der Waals surface area contributed by atoms with Gasteiger partial charge in [-0.25, -0.2) is 4.98 Å². The Morgan fingerprint density at radius 3 is 2.45 bits per heavy atom. The first-order chi connectivity index (χ1) is 13.8. The molecule has 1 aliphatic rings. The van der Waals surface area contributed by atoms with Gasteiger partial charge in [-0.3, -0.25) is 9.79 Å². The van der Waals surface area contributed by atoms with Crippen LogP contribution in [0.3, 0.4) is 0 Å². The molecule has 3 rings (SSSR count). The molecule has 2 aromatic heterocycles. The van der Waals surface area contributed by atoms with Gasteiger partial charge in [0.25, 0.3) is 0 Å². The number of aliphatic imine (C=N–C) groups is 1. The highest BCUT2D eigenvalue weighted by molar-refractivity contribution is 14.0. The van der Waals surface area contributed by atoms with Crippen molar-refractivity contribution in [3.8, 4) is 0 Å². The number of amides is 1. The second-order valence-corrected chi connectivity index (χ2v) is 6.65. The summed E-state index contributed by atoms with van der Waals surface area (Å²) < 4.78 is 2.11. The van der Waals surface area contributed by atoms with Gasteiger partial charge in [0.2, 0.25) is 5.91 Å². The summed E-state index contributed by atoms with van der Waals surface area (Å²) in [5, 5.41) is 6.48. The third-order valence-corrected chi connectivity index (χ3v) is 4.79. The maximum atomic E-state index is 12.5. The number of nitrogens with zero attached hydrogens (tertiary/aromatic N) is 5. The van der Waals surface area contributed by atoms with Gasteiger partial charge in [0.05, 0.1) is 0 Å². The molecule has 8 nitrogen and oxygen atoms in total. The van der Waals surface area contributed by atoms with E-state index in [9.17, 15) is 4.79 Å². The minimum absolute atomic E-state index is 0. The number of carbonyl (C=O) groups is 1. The zero-order chi connectivity index (χ0) is 19.6. The third kappa shape index (κ3) is 7.22. The van der Waals surface area contributed by atoms with Crippen LogP contribution >= 0.6 is 24.0 Å². The summed E-state index contributed by atoms with van der Waals surface area (Å²) in [6.07, 6.45) is 6.33. The molecule has 0 spiro atoms. The molecule has 9 heteroatoms. The Labute approximate surface area is 189 Å². The third-order valence-electron chi connectivity index (χ3n) is 4.79. The number of piperazine rings is 1. The number of rotatable bonds is 7. The van der Waals surface area contributed by atoms with E-state index in [-0.39, 0.29) is 29.9 Å². The lowest BCUT2D eigenvalue weighted by Gasteiger charge is -2.35. The molecule has 3 heterocycles. The number of hydrogen-bond acceptors (Lipinski definition) is 4. The molecule has 0 bridgehead atoms. The van der Waals surface area contributed by atoms with Crippen LogP contribution in [0.4, 0.5) is 5.82 Å². The summed E-state index contributed by atoms with van der Waals surface area (Å²) in [6, 6.07) is 9.94. The van der Waals surface area contributed by atoms with E-state index in [0.29, 0.717) is 13.0 Å². The van der Waals surface area contributed by atoms with Gasteiger partial charge in [-0.1, -0.05) is 6.07 Å². The number of halogens is 1. The van der Waals surface area contributed by atoms with Crippen molar-refractivity contribution in [3.63, 3.8) is 0 Å². The van der Waals surface area contributed by atoms with Crippen LogP contribution in [0.25, 0.3) is 0 Å². The lowest BCUT2D eigenvalue weighted by atomic mass is 10.2. The topological polar surface area (TPSA) is 77.8 Å². The number of anilines is 1. The Morgan fingerprint density at radius 1 is 1.07 bits per heavy atom. The van der Waals surface area contributed by atoms with Crippen LogP contribution in [0.2, 0.25) is 0 Å². The standard InChI is InChI=1S/C20H29N7O.HI/c1-21-20(24-10-13-25-11-4-5-12-25)23-9-7-19(28)27-16-14-26(15-17-27)18-6-2-3-8-22-18;/h2-6,8,11-12H,7,9-10,13-17H2,1H3,(H2,21,23,24);1H. The molecule has 2 N–H and O–H groups in total. The molecule has 2 aromatic rings. The van der Waals surface area contributed by atoms with Crippen LogP contribution in [0, 0.1) is 0 Å². The lowest BCUT2D eigenvalue weighted by molar-refractivity contribution is -0.131. The molecule has 1 amide bonds. The fourth-order valence-electron chi connectivity index (χ4n) is 3.21. The molecular weight excluding hydrogens is 481 g/mol. The highest BCUT2D eigenvalue weighted by Crippen LogP contribution is 2.12. The molecule has 29 heavy (non-hydrogen) atoms. The summed E-state index contributed by atoms with van der Waals surface area (Å²) in [4.78, 5) is 25.2. The molecular formula is C20H30IN7O. The fraction of sp³-hybridized carbons (Fsp3) is 0.450. The van der Waals surface area contributed by atoms with E-state index in [1.807, 2.05) is 47.6 Å². The minimum Gasteiger partial charge on any atom is -0.356 e. The lowest BCUT2D eigenvalue weighted by Crippen LogP contribution is -2.49. The fourth-order valence-corrected chi connectivity index (χ4v) is 3.21. The van der Waals surface area contributed by atoms with E-state index in [4.69, 9.17) is 0 Å². The van der Waals surface area contributed by atoms with Crippen molar-refractivity contribution < 1.29 is 4.79 Å². The second-order valence-electron chi connectivity index (χ2n) is 6.65. The first kappa shape index (κ1) is 23.0. The van der Waals surface area contributed by atoms with Gasteiger partial charge in [-0.15, -0.1) is 24.0 Å². The number of nitrogens with one attached hydrogen (secondary N) is 2. The normalized spacial score (nSPS) is 14.3. The summed E-state index contributed by atoms with van der Waals surface area (Å²) >= 11 is 0. The Bertz CT molecular complexity index is 743. The molecule has 0 unspecified atom stereocenters.